The first-order valence-electron chi connectivity index (χ1n) is 7.56. The largest absolute Gasteiger partial charge is 0.478 e. The van der Waals surface area contributed by atoms with Crippen LogP contribution in [0.2, 0.25) is 0 Å². The highest BCUT2D eigenvalue weighted by Crippen LogP contribution is 2.21. The maximum absolute atomic E-state index is 12.7. The molecule has 0 saturated carbocycles. The van der Waals surface area contributed by atoms with Gasteiger partial charge in [-0.25, -0.2) is 9.78 Å². The van der Waals surface area contributed by atoms with Crippen molar-refractivity contribution < 1.29 is 14.7 Å². The van der Waals surface area contributed by atoms with Crippen LogP contribution in [0, 0.1) is 6.92 Å². The summed E-state index contributed by atoms with van der Waals surface area (Å²) >= 11 is 0. The number of likely N-dealkylation sites (tertiary alicyclic amines) is 1. The van der Waals surface area contributed by atoms with Crippen molar-refractivity contribution in [1.29, 1.82) is 0 Å². The van der Waals surface area contributed by atoms with Crippen molar-refractivity contribution in [1.82, 2.24) is 9.88 Å². The predicted octanol–water partition coefficient (Wildman–Crippen LogP) is 2.88. The highest BCUT2D eigenvalue weighted by molar-refractivity contribution is 5.94. The molecule has 0 spiro atoms. The van der Waals surface area contributed by atoms with Gasteiger partial charge in [0.1, 0.15) is 5.69 Å². The fourth-order valence-corrected chi connectivity index (χ4v) is 2.92. The van der Waals surface area contributed by atoms with Crippen molar-refractivity contribution in [3.8, 4) is 0 Å². The lowest BCUT2D eigenvalue weighted by Crippen LogP contribution is -2.40. The monoisotopic (exact) mass is 290 g/mol. The van der Waals surface area contributed by atoms with E-state index in [1.807, 2.05) is 4.90 Å². The molecule has 0 aromatic carbocycles. The van der Waals surface area contributed by atoms with E-state index in [1.54, 1.807) is 6.92 Å². The van der Waals surface area contributed by atoms with E-state index < -0.39 is 5.97 Å². The molecule has 1 fully saturated rings. The van der Waals surface area contributed by atoms with E-state index >= 15 is 0 Å². The number of amides is 1. The minimum Gasteiger partial charge on any atom is -0.478 e. The van der Waals surface area contributed by atoms with Gasteiger partial charge in [-0.15, -0.1) is 0 Å². The fourth-order valence-electron chi connectivity index (χ4n) is 2.92. The second-order valence-electron chi connectivity index (χ2n) is 5.54. The smallest absolute Gasteiger partial charge is 0.337 e. The number of carbonyl (C=O) groups is 2. The van der Waals surface area contributed by atoms with Crippen LogP contribution in [0.3, 0.4) is 0 Å². The molecule has 5 nitrogen and oxygen atoms in total. The van der Waals surface area contributed by atoms with E-state index in [1.165, 1.54) is 12.1 Å². The number of aromatic nitrogens is 1. The molecule has 1 aliphatic rings. The van der Waals surface area contributed by atoms with Gasteiger partial charge in [0.15, 0.2) is 0 Å². The van der Waals surface area contributed by atoms with Gasteiger partial charge in [0.25, 0.3) is 5.91 Å². The number of rotatable bonds is 3. The van der Waals surface area contributed by atoms with Crippen molar-refractivity contribution in [2.45, 2.75) is 52.0 Å². The average Bonchev–Trinajstić information content (AvgIpc) is 2.71. The molecule has 1 aliphatic heterocycles. The first-order chi connectivity index (χ1) is 10.0. The van der Waals surface area contributed by atoms with Gasteiger partial charge in [-0.05, 0) is 38.3 Å². The van der Waals surface area contributed by atoms with Gasteiger partial charge in [0.05, 0.1) is 11.3 Å². The Bertz CT molecular complexity index is 542. The van der Waals surface area contributed by atoms with Crippen LogP contribution in [0.4, 0.5) is 0 Å². The molecule has 1 aromatic rings. The first kappa shape index (κ1) is 15.5. The van der Waals surface area contributed by atoms with Crippen LogP contribution >= 0.6 is 0 Å². The third-order valence-electron chi connectivity index (χ3n) is 4.14. The molecule has 1 saturated heterocycles. The normalized spacial score (nSPS) is 19.1. The molecule has 21 heavy (non-hydrogen) atoms. The Morgan fingerprint density at radius 1 is 1.33 bits per heavy atom. The number of hydrogen-bond donors (Lipinski definition) is 1. The van der Waals surface area contributed by atoms with Crippen LogP contribution < -0.4 is 0 Å². The molecular formula is C16H22N2O3. The summed E-state index contributed by atoms with van der Waals surface area (Å²) < 4.78 is 0. The van der Waals surface area contributed by atoms with Crippen molar-refractivity contribution >= 4 is 11.9 Å². The van der Waals surface area contributed by atoms with Crippen LogP contribution in [0.1, 0.15) is 65.6 Å². The quantitative estimate of drug-likeness (QED) is 0.929. The number of aryl methyl sites for hydroxylation is 1. The molecule has 114 valence electrons. The molecule has 0 radical (unpaired) electrons. The van der Waals surface area contributed by atoms with E-state index in [4.69, 9.17) is 5.11 Å². The highest BCUT2D eigenvalue weighted by Gasteiger charge is 2.26. The third kappa shape index (κ3) is 3.40. The number of carboxylic acids is 1. The van der Waals surface area contributed by atoms with Gasteiger partial charge in [0, 0.05) is 12.6 Å². The molecule has 2 heterocycles. The van der Waals surface area contributed by atoms with Gasteiger partial charge in [-0.1, -0.05) is 19.8 Å². The van der Waals surface area contributed by atoms with E-state index in [-0.39, 0.29) is 17.5 Å². The van der Waals surface area contributed by atoms with Gasteiger partial charge < -0.3 is 10.0 Å². The van der Waals surface area contributed by atoms with Crippen molar-refractivity contribution in [3.05, 3.63) is 29.1 Å². The van der Waals surface area contributed by atoms with Crippen molar-refractivity contribution in [2.24, 2.45) is 0 Å². The maximum atomic E-state index is 12.7. The van der Waals surface area contributed by atoms with Crippen LogP contribution in [-0.2, 0) is 0 Å². The molecule has 1 aromatic heterocycles. The van der Waals surface area contributed by atoms with E-state index in [0.29, 0.717) is 11.4 Å². The Hall–Kier alpha value is -1.91. The Kier molecular flexibility index (Phi) is 4.94. The lowest BCUT2D eigenvalue weighted by molar-refractivity contribution is 0.0664. The van der Waals surface area contributed by atoms with Crippen molar-refractivity contribution in [2.75, 3.05) is 6.54 Å². The van der Waals surface area contributed by atoms with Gasteiger partial charge >= 0.3 is 5.97 Å². The summed E-state index contributed by atoms with van der Waals surface area (Å²) in [5.74, 6) is -1.09. The first-order valence-corrected chi connectivity index (χ1v) is 7.56. The molecular weight excluding hydrogens is 268 g/mol. The van der Waals surface area contributed by atoms with Gasteiger partial charge in [-0.3, -0.25) is 4.79 Å². The molecule has 1 amide bonds. The van der Waals surface area contributed by atoms with Crippen LogP contribution in [-0.4, -0.2) is 39.5 Å². The SMILES string of the molecule is CCC1CCCCCN1C(=O)c1ccc(C(=O)O)c(C)n1. The minimum atomic E-state index is -1.01. The molecule has 1 unspecified atom stereocenters. The molecule has 0 bridgehead atoms. The second-order valence-corrected chi connectivity index (χ2v) is 5.54. The lowest BCUT2D eigenvalue weighted by atomic mass is 10.1. The summed E-state index contributed by atoms with van der Waals surface area (Å²) in [6.45, 7) is 4.49. The zero-order valence-corrected chi connectivity index (χ0v) is 12.6. The Morgan fingerprint density at radius 2 is 2.10 bits per heavy atom. The van der Waals surface area contributed by atoms with Crippen LogP contribution in [0.25, 0.3) is 0 Å². The summed E-state index contributed by atoms with van der Waals surface area (Å²) in [4.78, 5) is 29.8. The van der Waals surface area contributed by atoms with E-state index in [9.17, 15) is 9.59 Å². The maximum Gasteiger partial charge on any atom is 0.337 e. The van der Waals surface area contributed by atoms with E-state index in [0.717, 1.165) is 38.6 Å². The summed E-state index contributed by atoms with van der Waals surface area (Å²) in [6.07, 6.45) is 5.32. The zero-order valence-electron chi connectivity index (χ0n) is 12.6. The Morgan fingerprint density at radius 3 is 2.71 bits per heavy atom. The standard InChI is InChI=1S/C16H22N2O3/c1-3-12-7-5-4-6-10-18(12)15(19)14-9-8-13(16(20)21)11(2)17-14/h8-9,12H,3-7,10H2,1-2H3,(H,20,21). The zero-order chi connectivity index (χ0) is 15.4. The average molecular weight is 290 g/mol. The predicted molar refractivity (Wildman–Crippen MR) is 79.5 cm³/mol. The summed E-state index contributed by atoms with van der Waals surface area (Å²) in [5, 5.41) is 9.03. The highest BCUT2D eigenvalue weighted by atomic mass is 16.4. The number of aromatic carboxylic acids is 1. The summed E-state index contributed by atoms with van der Waals surface area (Å²) in [6, 6.07) is 3.26. The Labute approximate surface area is 125 Å². The van der Waals surface area contributed by atoms with Crippen molar-refractivity contribution in [3.63, 3.8) is 0 Å². The van der Waals surface area contributed by atoms with E-state index in [2.05, 4.69) is 11.9 Å². The number of pyridine rings is 1. The second kappa shape index (κ2) is 6.70. The number of nitrogens with zero attached hydrogens (tertiary/aromatic N) is 2. The minimum absolute atomic E-state index is 0.0798. The number of hydrogen-bond acceptors (Lipinski definition) is 3. The number of carboxylic acid groups (broad SMARTS) is 1. The topological polar surface area (TPSA) is 70.5 Å². The molecule has 5 heteroatoms. The molecule has 1 N–H and O–H groups in total. The summed E-state index contributed by atoms with van der Waals surface area (Å²) in [5.41, 5.74) is 0.878. The van der Waals surface area contributed by atoms with Gasteiger partial charge in [-0.2, -0.15) is 0 Å². The van der Waals surface area contributed by atoms with Crippen LogP contribution in [0.5, 0.6) is 0 Å². The lowest BCUT2D eigenvalue weighted by Gasteiger charge is -2.29. The summed E-state index contributed by atoms with van der Waals surface area (Å²) in [7, 11) is 0. The fraction of sp³-hybridized carbons (Fsp3) is 0.562. The third-order valence-corrected chi connectivity index (χ3v) is 4.14. The Balaban J connectivity index is 2.25. The molecule has 0 aliphatic carbocycles. The molecule has 2 rings (SSSR count). The number of carbonyl (C=O) groups excluding carboxylic acids is 1. The van der Waals surface area contributed by atoms with Crippen LogP contribution in [0.15, 0.2) is 12.1 Å². The van der Waals surface area contributed by atoms with Gasteiger partial charge in [0.2, 0.25) is 0 Å². The molecule has 1 atom stereocenters.